The Bertz CT molecular complexity index is 1160. The average molecular weight is 385 g/mol. The first-order valence-corrected chi connectivity index (χ1v) is 9.47. The first kappa shape index (κ1) is 18.7. The highest BCUT2D eigenvalue weighted by molar-refractivity contribution is 5.86. The van der Waals surface area contributed by atoms with Crippen molar-refractivity contribution < 1.29 is 9.84 Å². The summed E-state index contributed by atoms with van der Waals surface area (Å²) in [6.07, 6.45) is 1.77. The van der Waals surface area contributed by atoms with Crippen molar-refractivity contribution in [1.29, 1.82) is 0 Å². The fraction of sp³-hybridized carbons (Fsp3) is 0.167. The maximum atomic E-state index is 11.1. The number of rotatable bonds is 5. The van der Waals surface area contributed by atoms with E-state index in [1.54, 1.807) is 13.3 Å². The lowest BCUT2D eigenvalue weighted by atomic mass is 9.96. The summed E-state index contributed by atoms with van der Waals surface area (Å²) in [5.41, 5.74) is 4.29. The number of hydrogen-bond donors (Lipinski definition) is 2. The molecule has 0 bridgehead atoms. The van der Waals surface area contributed by atoms with Crippen LogP contribution in [0.4, 0.5) is 5.82 Å². The highest BCUT2D eigenvalue weighted by Crippen LogP contribution is 2.36. The van der Waals surface area contributed by atoms with Gasteiger partial charge in [0, 0.05) is 22.8 Å². The molecule has 0 saturated carbocycles. The molecule has 0 aliphatic rings. The molecule has 5 heteroatoms. The van der Waals surface area contributed by atoms with Crippen molar-refractivity contribution in [2.45, 2.75) is 19.9 Å². The smallest absolute Gasteiger partial charge is 0.147 e. The molecule has 146 valence electrons. The molecule has 29 heavy (non-hydrogen) atoms. The van der Waals surface area contributed by atoms with Crippen LogP contribution in [0.3, 0.4) is 0 Å². The fourth-order valence-corrected chi connectivity index (χ4v) is 3.42. The van der Waals surface area contributed by atoms with Gasteiger partial charge in [-0.1, -0.05) is 30.3 Å². The van der Waals surface area contributed by atoms with Gasteiger partial charge in [0.2, 0.25) is 0 Å². The molecule has 0 radical (unpaired) electrons. The standard InChI is InChI=1S/C24H23N3O2/c1-15-12-13-25-21(14-15)27-22(17-6-9-19(29-3)10-7-17)20-11-8-18-5-4-16(2)26-23(18)24(20)28/h4-14,22,28H,1-3H3,(H,25,27)/t22-/m0/s1. The molecule has 0 spiro atoms. The second-order valence-electron chi connectivity index (χ2n) is 7.10. The van der Waals surface area contributed by atoms with Gasteiger partial charge in [0.1, 0.15) is 22.8 Å². The van der Waals surface area contributed by atoms with Crippen LogP contribution in [-0.4, -0.2) is 22.2 Å². The minimum absolute atomic E-state index is 0.173. The summed E-state index contributed by atoms with van der Waals surface area (Å²) >= 11 is 0. The van der Waals surface area contributed by atoms with Gasteiger partial charge in [-0.25, -0.2) is 9.97 Å². The van der Waals surface area contributed by atoms with Crippen LogP contribution in [0.25, 0.3) is 10.9 Å². The Morgan fingerprint density at radius 2 is 1.72 bits per heavy atom. The van der Waals surface area contributed by atoms with Crippen LogP contribution in [0.2, 0.25) is 0 Å². The number of methoxy groups -OCH3 is 1. The molecule has 2 heterocycles. The summed E-state index contributed by atoms with van der Waals surface area (Å²) in [5.74, 6) is 1.69. The van der Waals surface area contributed by atoms with E-state index in [4.69, 9.17) is 4.74 Å². The second-order valence-corrected chi connectivity index (χ2v) is 7.10. The van der Waals surface area contributed by atoms with Gasteiger partial charge in [0.15, 0.2) is 0 Å². The van der Waals surface area contributed by atoms with Crippen LogP contribution in [0.15, 0.2) is 66.9 Å². The Balaban J connectivity index is 1.84. The molecule has 2 N–H and O–H groups in total. The van der Waals surface area contributed by atoms with Crippen LogP contribution >= 0.6 is 0 Å². The van der Waals surface area contributed by atoms with Gasteiger partial charge >= 0.3 is 0 Å². The maximum absolute atomic E-state index is 11.1. The van der Waals surface area contributed by atoms with Crippen LogP contribution < -0.4 is 10.1 Å². The monoisotopic (exact) mass is 385 g/mol. The highest BCUT2D eigenvalue weighted by atomic mass is 16.5. The summed E-state index contributed by atoms with van der Waals surface area (Å²) < 4.78 is 5.29. The number of nitrogens with one attached hydrogen (secondary N) is 1. The number of aryl methyl sites for hydroxylation is 2. The Morgan fingerprint density at radius 1 is 0.966 bits per heavy atom. The topological polar surface area (TPSA) is 67.3 Å². The second kappa shape index (κ2) is 7.80. The van der Waals surface area contributed by atoms with E-state index in [1.165, 1.54) is 0 Å². The van der Waals surface area contributed by atoms with E-state index in [9.17, 15) is 5.11 Å². The summed E-state index contributed by atoms with van der Waals surface area (Å²) in [6, 6.07) is 19.3. The number of phenols is 1. The predicted molar refractivity (Wildman–Crippen MR) is 116 cm³/mol. The Kier molecular flexibility index (Phi) is 5.04. The molecule has 0 fully saturated rings. The van der Waals surface area contributed by atoms with E-state index in [1.807, 2.05) is 74.5 Å². The van der Waals surface area contributed by atoms with Crippen LogP contribution in [0.1, 0.15) is 28.4 Å². The molecule has 4 aromatic rings. The Labute approximate surface area is 170 Å². The van der Waals surface area contributed by atoms with E-state index in [0.29, 0.717) is 5.52 Å². The van der Waals surface area contributed by atoms with E-state index in [-0.39, 0.29) is 11.8 Å². The maximum Gasteiger partial charge on any atom is 0.147 e. The molecule has 0 saturated heterocycles. The predicted octanol–water partition coefficient (Wildman–Crippen LogP) is 5.16. The van der Waals surface area contributed by atoms with Crippen molar-refractivity contribution in [2.24, 2.45) is 0 Å². The van der Waals surface area contributed by atoms with Gasteiger partial charge in [-0.3, -0.25) is 0 Å². The zero-order chi connectivity index (χ0) is 20.4. The minimum atomic E-state index is -0.304. The molecular weight excluding hydrogens is 362 g/mol. The first-order valence-electron chi connectivity index (χ1n) is 9.47. The Hall–Kier alpha value is -3.60. The molecule has 1 atom stereocenters. The van der Waals surface area contributed by atoms with Gasteiger partial charge in [0.05, 0.1) is 13.2 Å². The van der Waals surface area contributed by atoms with E-state index >= 15 is 0 Å². The van der Waals surface area contributed by atoms with Crippen molar-refractivity contribution in [3.8, 4) is 11.5 Å². The van der Waals surface area contributed by atoms with Crippen molar-refractivity contribution in [3.05, 3.63) is 89.2 Å². The zero-order valence-electron chi connectivity index (χ0n) is 16.7. The number of ether oxygens (including phenoxy) is 1. The lowest BCUT2D eigenvalue weighted by Gasteiger charge is -2.22. The number of pyridine rings is 2. The van der Waals surface area contributed by atoms with Gasteiger partial charge in [-0.05, 0) is 55.3 Å². The first-order chi connectivity index (χ1) is 14.0. The summed E-state index contributed by atoms with van der Waals surface area (Å²) in [5, 5.41) is 15.5. The zero-order valence-corrected chi connectivity index (χ0v) is 16.7. The number of hydrogen-bond acceptors (Lipinski definition) is 5. The van der Waals surface area contributed by atoms with Crippen molar-refractivity contribution in [1.82, 2.24) is 9.97 Å². The lowest BCUT2D eigenvalue weighted by molar-refractivity contribution is 0.414. The molecule has 4 rings (SSSR count). The lowest BCUT2D eigenvalue weighted by Crippen LogP contribution is -2.14. The number of anilines is 1. The highest BCUT2D eigenvalue weighted by Gasteiger charge is 2.20. The SMILES string of the molecule is COc1ccc([C@H](Nc2cc(C)ccn2)c2ccc3ccc(C)nc3c2O)cc1. The van der Waals surface area contributed by atoms with Crippen molar-refractivity contribution in [3.63, 3.8) is 0 Å². The van der Waals surface area contributed by atoms with Gasteiger partial charge in [-0.2, -0.15) is 0 Å². The number of aromatic nitrogens is 2. The third-order valence-electron chi connectivity index (χ3n) is 4.97. The average Bonchev–Trinajstić information content (AvgIpc) is 2.73. The molecule has 2 aromatic heterocycles. The summed E-state index contributed by atoms with van der Waals surface area (Å²) in [7, 11) is 1.64. The molecular formula is C24H23N3O2. The van der Waals surface area contributed by atoms with E-state index in [2.05, 4.69) is 15.3 Å². The molecule has 0 aliphatic carbocycles. The molecule has 5 nitrogen and oxygen atoms in total. The number of phenolic OH excluding ortho intramolecular Hbond substituents is 1. The molecule has 2 aromatic carbocycles. The molecule has 0 unspecified atom stereocenters. The van der Waals surface area contributed by atoms with E-state index < -0.39 is 0 Å². The van der Waals surface area contributed by atoms with Gasteiger partial charge in [-0.15, -0.1) is 0 Å². The van der Waals surface area contributed by atoms with Crippen molar-refractivity contribution in [2.75, 3.05) is 12.4 Å². The van der Waals surface area contributed by atoms with Crippen LogP contribution in [-0.2, 0) is 0 Å². The Morgan fingerprint density at radius 3 is 2.45 bits per heavy atom. The summed E-state index contributed by atoms with van der Waals surface area (Å²) in [4.78, 5) is 8.98. The molecule has 0 amide bonds. The normalized spacial score (nSPS) is 12.0. The summed E-state index contributed by atoms with van der Waals surface area (Å²) in [6.45, 7) is 3.94. The fourth-order valence-electron chi connectivity index (χ4n) is 3.42. The number of nitrogens with zero attached hydrogens (tertiary/aromatic N) is 2. The number of benzene rings is 2. The van der Waals surface area contributed by atoms with Crippen LogP contribution in [0, 0.1) is 13.8 Å². The van der Waals surface area contributed by atoms with Crippen LogP contribution in [0.5, 0.6) is 11.5 Å². The van der Waals surface area contributed by atoms with Crippen molar-refractivity contribution >= 4 is 16.7 Å². The van der Waals surface area contributed by atoms with Gasteiger partial charge in [0.25, 0.3) is 0 Å². The number of aromatic hydroxyl groups is 1. The number of fused-ring (bicyclic) bond motifs is 1. The van der Waals surface area contributed by atoms with Gasteiger partial charge < -0.3 is 15.2 Å². The van der Waals surface area contributed by atoms with E-state index in [0.717, 1.165) is 39.3 Å². The third kappa shape index (κ3) is 3.85. The molecule has 0 aliphatic heterocycles. The quantitative estimate of drug-likeness (QED) is 0.496. The largest absolute Gasteiger partial charge is 0.505 e. The minimum Gasteiger partial charge on any atom is -0.505 e. The third-order valence-corrected chi connectivity index (χ3v) is 4.97.